The second-order valence-electron chi connectivity index (χ2n) is 2.68. The Bertz CT molecular complexity index is 238. The van der Waals surface area contributed by atoms with Crippen LogP contribution in [0, 0.1) is 0 Å². The fourth-order valence-electron chi connectivity index (χ4n) is 0.916. The number of benzene rings is 1. The molecule has 16 heavy (non-hydrogen) atoms. The molecule has 1 aromatic carbocycles. The van der Waals surface area contributed by atoms with Crippen molar-refractivity contribution < 1.29 is 19.3 Å². The van der Waals surface area contributed by atoms with Crippen LogP contribution in [0.3, 0.4) is 0 Å². The molecule has 0 heterocycles. The van der Waals surface area contributed by atoms with Gasteiger partial charge in [-0.25, -0.2) is 0 Å². The molecular formula is C12H20O4. The summed E-state index contributed by atoms with van der Waals surface area (Å²) in [5.41, 5.74) is 0.979. The first kappa shape index (κ1) is 15.1. The van der Waals surface area contributed by atoms with E-state index in [0.29, 0.717) is 6.61 Å². The van der Waals surface area contributed by atoms with E-state index in [-0.39, 0.29) is 6.79 Å². The monoisotopic (exact) mass is 228 g/mol. The molecule has 0 aliphatic carbocycles. The van der Waals surface area contributed by atoms with E-state index in [1.54, 1.807) is 0 Å². The van der Waals surface area contributed by atoms with Gasteiger partial charge in [-0.3, -0.25) is 0 Å². The maximum absolute atomic E-state index is 9.12. The van der Waals surface area contributed by atoms with Crippen LogP contribution in [0.1, 0.15) is 19.4 Å². The van der Waals surface area contributed by atoms with Crippen LogP contribution >= 0.6 is 0 Å². The Hall–Kier alpha value is -0.940. The van der Waals surface area contributed by atoms with Crippen LogP contribution in [0.2, 0.25) is 0 Å². The molecule has 4 nitrogen and oxygen atoms in total. The number of methoxy groups -OCH3 is 1. The molecule has 0 bridgehead atoms. The molecule has 1 N–H and O–H groups in total. The van der Waals surface area contributed by atoms with Crippen molar-refractivity contribution in [1.82, 2.24) is 0 Å². The number of rotatable bonds is 6. The largest absolute Gasteiger partial charge is 0.358 e. The quantitative estimate of drug-likeness (QED) is 0.758. The Kier molecular flexibility index (Phi) is 9.95. The van der Waals surface area contributed by atoms with E-state index in [9.17, 15) is 0 Å². The molecule has 1 rings (SSSR count). The Morgan fingerprint density at radius 1 is 1.12 bits per heavy atom. The summed E-state index contributed by atoms with van der Waals surface area (Å²) in [4.78, 5) is 0. The molecule has 0 aliphatic heterocycles. The third-order valence-electron chi connectivity index (χ3n) is 1.56. The molecule has 4 heteroatoms. The minimum Gasteiger partial charge on any atom is -0.358 e. The van der Waals surface area contributed by atoms with E-state index < -0.39 is 6.48 Å². The summed E-state index contributed by atoms with van der Waals surface area (Å²) in [6.07, 6.45) is 0. The lowest BCUT2D eigenvalue weighted by molar-refractivity contribution is -0.293. The second-order valence-corrected chi connectivity index (χ2v) is 2.68. The Balaban J connectivity index is 0.00000106. The molecule has 0 fully saturated rings. The Morgan fingerprint density at radius 2 is 1.75 bits per heavy atom. The van der Waals surface area contributed by atoms with Crippen molar-refractivity contribution in [2.45, 2.75) is 26.9 Å². The van der Waals surface area contributed by atoms with Gasteiger partial charge in [0.25, 0.3) is 6.48 Å². The van der Waals surface area contributed by atoms with Gasteiger partial charge in [0.05, 0.1) is 6.61 Å². The average molecular weight is 228 g/mol. The van der Waals surface area contributed by atoms with E-state index in [2.05, 4.69) is 4.74 Å². The van der Waals surface area contributed by atoms with Crippen molar-refractivity contribution in [3.63, 3.8) is 0 Å². The number of ether oxygens (including phenoxy) is 3. The van der Waals surface area contributed by atoms with E-state index in [4.69, 9.17) is 14.6 Å². The van der Waals surface area contributed by atoms with Gasteiger partial charge in [-0.05, 0) is 5.56 Å². The predicted molar refractivity (Wildman–Crippen MR) is 61.5 cm³/mol. The highest BCUT2D eigenvalue weighted by molar-refractivity contribution is 5.13. The van der Waals surface area contributed by atoms with Gasteiger partial charge >= 0.3 is 0 Å². The highest BCUT2D eigenvalue weighted by Gasteiger charge is 2.03. The maximum Gasteiger partial charge on any atom is 0.271 e. The fraction of sp³-hybridized carbons (Fsp3) is 0.500. The topological polar surface area (TPSA) is 47.9 Å². The minimum atomic E-state index is -1.24. The standard InChI is InChI=1S/C10H14O4.C2H6/c1-12-8-14-10(11)13-7-9-5-3-2-4-6-9;1-2/h2-6,10-11H,7-8H2,1H3;1-2H3. The number of hydrogen-bond donors (Lipinski definition) is 1. The zero-order valence-electron chi connectivity index (χ0n) is 10.1. The zero-order chi connectivity index (χ0) is 12.2. The summed E-state index contributed by atoms with van der Waals surface area (Å²) < 4.78 is 14.3. The average Bonchev–Trinajstić information content (AvgIpc) is 2.37. The fourth-order valence-corrected chi connectivity index (χ4v) is 0.916. The third kappa shape index (κ3) is 7.36. The van der Waals surface area contributed by atoms with Gasteiger partial charge < -0.3 is 19.3 Å². The zero-order valence-corrected chi connectivity index (χ0v) is 10.1. The SMILES string of the molecule is CC.COCOC(O)OCc1ccccc1. The molecule has 0 aromatic heterocycles. The highest BCUT2D eigenvalue weighted by atomic mass is 16.8. The van der Waals surface area contributed by atoms with E-state index in [0.717, 1.165) is 5.56 Å². The van der Waals surface area contributed by atoms with Gasteiger partial charge in [-0.15, -0.1) is 0 Å². The molecule has 1 aromatic rings. The number of hydrogen-bond acceptors (Lipinski definition) is 4. The van der Waals surface area contributed by atoms with Crippen molar-refractivity contribution in [1.29, 1.82) is 0 Å². The van der Waals surface area contributed by atoms with Crippen LogP contribution in [0.4, 0.5) is 0 Å². The molecular weight excluding hydrogens is 208 g/mol. The highest BCUT2D eigenvalue weighted by Crippen LogP contribution is 2.02. The minimum absolute atomic E-state index is 0.00988. The first-order valence-corrected chi connectivity index (χ1v) is 5.27. The van der Waals surface area contributed by atoms with Crippen molar-refractivity contribution in [3.05, 3.63) is 35.9 Å². The summed E-state index contributed by atoms with van der Waals surface area (Å²) in [6, 6.07) is 9.54. The lowest BCUT2D eigenvalue weighted by Gasteiger charge is -2.11. The molecule has 0 saturated carbocycles. The maximum atomic E-state index is 9.12. The van der Waals surface area contributed by atoms with Gasteiger partial charge in [0.1, 0.15) is 0 Å². The lowest BCUT2D eigenvalue weighted by Crippen LogP contribution is -2.17. The molecule has 1 unspecified atom stereocenters. The van der Waals surface area contributed by atoms with Crippen molar-refractivity contribution in [2.75, 3.05) is 13.9 Å². The van der Waals surface area contributed by atoms with E-state index >= 15 is 0 Å². The summed E-state index contributed by atoms with van der Waals surface area (Å²) >= 11 is 0. The summed E-state index contributed by atoms with van der Waals surface area (Å²) in [5, 5.41) is 9.12. The normalized spacial score (nSPS) is 11.5. The molecule has 92 valence electrons. The second kappa shape index (κ2) is 10.6. The number of aliphatic hydroxyl groups excluding tert-OH is 1. The van der Waals surface area contributed by atoms with E-state index in [1.807, 2.05) is 44.2 Å². The molecule has 0 saturated heterocycles. The van der Waals surface area contributed by atoms with Gasteiger partial charge in [-0.2, -0.15) is 0 Å². The van der Waals surface area contributed by atoms with E-state index in [1.165, 1.54) is 7.11 Å². The molecule has 0 radical (unpaired) electrons. The molecule has 1 atom stereocenters. The molecule has 0 amide bonds. The van der Waals surface area contributed by atoms with Crippen LogP contribution in [-0.4, -0.2) is 25.5 Å². The van der Waals surface area contributed by atoms with Crippen LogP contribution in [-0.2, 0) is 20.8 Å². The molecule has 0 spiro atoms. The first-order chi connectivity index (χ1) is 7.83. The van der Waals surface area contributed by atoms with Gasteiger partial charge in [-0.1, -0.05) is 44.2 Å². The summed E-state index contributed by atoms with van der Waals surface area (Å²) in [5.74, 6) is 0. The van der Waals surface area contributed by atoms with Gasteiger partial charge in [0.2, 0.25) is 0 Å². The van der Waals surface area contributed by atoms with Crippen molar-refractivity contribution >= 4 is 0 Å². The van der Waals surface area contributed by atoms with Crippen LogP contribution < -0.4 is 0 Å². The smallest absolute Gasteiger partial charge is 0.271 e. The predicted octanol–water partition coefficient (Wildman–Crippen LogP) is 2.13. The summed E-state index contributed by atoms with van der Waals surface area (Å²) in [6.45, 7) is 3.08. The van der Waals surface area contributed by atoms with Crippen LogP contribution in [0.25, 0.3) is 0 Å². The van der Waals surface area contributed by atoms with Crippen molar-refractivity contribution in [2.24, 2.45) is 0 Å². The lowest BCUT2D eigenvalue weighted by atomic mass is 10.2. The van der Waals surface area contributed by atoms with Crippen LogP contribution in [0.5, 0.6) is 0 Å². The summed E-state index contributed by atoms with van der Waals surface area (Å²) in [7, 11) is 1.48. The molecule has 0 aliphatic rings. The van der Waals surface area contributed by atoms with Crippen molar-refractivity contribution in [3.8, 4) is 0 Å². The van der Waals surface area contributed by atoms with Crippen LogP contribution in [0.15, 0.2) is 30.3 Å². The van der Waals surface area contributed by atoms with Gasteiger partial charge in [0.15, 0.2) is 6.79 Å². The number of aliphatic hydroxyl groups is 1. The Morgan fingerprint density at radius 3 is 2.31 bits per heavy atom. The third-order valence-corrected chi connectivity index (χ3v) is 1.56. The Labute approximate surface area is 96.8 Å². The first-order valence-electron chi connectivity index (χ1n) is 5.27. The van der Waals surface area contributed by atoms with Gasteiger partial charge in [0, 0.05) is 7.11 Å².